The van der Waals surface area contributed by atoms with Crippen molar-refractivity contribution in [2.45, 2.75) is 0 Å². The van der Waals surface area contributed by atoms with Gasteiger partial charge in [-0.25, -0.2) is 9.18 Å². The lowest BCUT2D eigenvalue weighted by Crippen LogP contribution is -2.52. The molecule has 1 aliphatic rings. The largest absolute Gasteiger partial charge is 0.366 e. The smallest absolute Gasteiger partial charge is 0.317 e. The molecule has 0 radical (unpaired) electrons. The maximum atomic E-state index is 13.9. The quantitative estimate of drug-likeness (QED) is 0.861. The standard InChI is InChI=1S/C15H17FN4O/c1-2-5-18-15(21)20-8-6-19(7-9-20)14-4-3-12(11-17)10-13(14)16/h2-4,10H,1,5-9H2,(H,18,21). The van der Waals surface area contributed by atoms with Gasteiger partial charge in [0.05, 0.1) is 17.3 Å². The monoisotopic (exact) mass is 288 g/mol. The molecule has 6 heteroatoms. The van der Waals surface area contributed by atoms with Crippen LogP contribution in [0.1, 0.15) is 5.56 Å². The molecule has 0 unspecified atom stereocenters. The van der Waals surface area contributed by atoms with Crippen LogP contribution >= 0.6 is 0 Å². The first kappa shape index (κ1) is 14.9. The van der Waals surface area contributed by atoms with E-state index in [0.29, 0.717) is 44.0 Å². The second kappa shape index (κ2) is 6.75. The molecule has 0 spiro atoms. The molecule has 1 aromatic rings. The summed E-state index contributed by atoms with van der Waals surface area (Å²) in [6, 6.07) is 6.23. The molecule has 0 aromatic heterocycles. The number of piperazine rings is 1. The molecule has 1 heterocycles. The van der Waals surface area contributed by atoms with Gasteiger partial charge in [-0.2, -0.15) is 5.26 Å². The van der Waals surface area contributed by atoms with Gasteiger partial charge in [0, 0.05) is 32.7 Å². The second-order valence-corrected chi connectivity index (χ2v) is 4.73. The molecule has 0 aliphatic carbocycles. The van der Waals surface area contributed by atoms with E-state index in [4.69, 9.17) is 5.26 Å². The molecule has 1 aliphatic heterocycles. The van der Waals surface area contributed by atoms with E-state index in [1.807, 2.05) is 11.0 Å². The normalized spacial score (nSPS) is 14.5. The number of amides is 2. The van der Waals surface area contributed by atoms with Crippen molar-refractivity contribution in [2.75, 3.05) is 37.6 Å². The van der Waals surface area contributed by atoms with Crippen molar-refractivity contribution in [3.63, 3.8) is 0 Å². The van der Waals surface area contributed by atoms with Crippen LogP contribution in [-0.2, 0) is 0 Å². The summed E-state index contributed by atoms with van der Waals surface area (Å²) in [5.41, 5.74) is 0.777. The van der Waals surface area contributed by atoms with Gasteiger partial charge in [0.25, 0.3) is 0 Å². The number of nitrogens with zero attached hydrogens (tertiary/aromatic N) is 3. The van der Waals surface area contributed by atoms with Crippen molar-refractivity contribution >= 4 is 11.7 Å². The first-order valence-corrected chi connectivity index (χ1v) is 6.74. The molecule has 0 atom stereocenters. The third-order valence-corrected chi connectivity index (χ3v) is 3.38. The lowest BCUT2D eigenvalue weighted by atomic mass is 10.2. The van der Waals surface area contributed by atoms with Crippen molar-refractivity contribution in [2.24, 2.45) is 0 Å². The summed E-state index contributed by atoms with van der Waals surface area (Å²) in [5.74, 6) is -0.404. The highest BCUT2D eigenvalue weighted by atomic mass is 19.1. The third kappa shape index (κ3) is 3.51. The molecular weight excluding hydrogens is 271 g/mol. The Hall–Kier alpha value is -2.55. The minimum atomic E-state index is -0.404. The minimum absolute atomic E-state index is 0.130. The van der Waals surface area contributed by atoms with E-state index >= 15 is 0 Å². The average Bonchev–Trinajstić information content (AvgIpc) is 2.52. The number of carbonyl (C=O) groups is 1. The van der Waals surface area contributed by atoms with E-state index < -0.39 is 5.82 Å². The highest BCUT2D eigenvalue weighted by molar-refractivity contribution is 5.74. The van der Waals surface area contributed by atoms with Gasteiger partial charge < -0.3 is 15.1 Å². The Kier molecular flexibility index (Phi) is 4.77. The van der Waals surface area contributed by atoms with Crippen LogP contribution in [0, 0.1) is 17.1 Å². The summed E-state index contributed by atoms with van der Waals surface area (Å²) in [6.07, 6.45) is 1.63. The molecule has 0 saturated carbocycles. The number of halogens is 1. The van der Waals surface area contributed by atoms with E-state index in [0.717, 1.165) is 0 Å². The minimum Gasteiger partial charge on any atom is -0.366 e. The van der Waals surface area contributed by atoms with Gasteiger partial charge in [-0.05, 0) is 18.2 Å². The van der Waals surface area contributed by atoms with Gasteiger partial charge in [0.1, 0.15) is 5.82 Å². The first-order valence-electron chi connectivity index (χ1n) is 6.74. The molecule has 1 fully saturated rings. The summed E-state index contributed by atoms with van der Waals surface area (Å²) in [6.45, 7) is 6.16. The van der Waals surface area contributed by atoms with Gasteiger partial charge >= 0.3 is 6.03 Å². The molecule has 1 saturated heterocycles. The summed E-state index contributed by atoms with van der Waals surface area (Å²) in [5, 5.41) is 11.5. The molecule has 110 valence electrons. The van der Waals surface area contributed by atoms with E-state index in [-0.39, 0.29) is 6.03 Å². The Balaban J connectivity index is 1.96. The van der Waals surface area contributed by atoms with Crippen LogP contribution in [0.15, 0.2) is 30.9 Å². The van der Waals surface area contributed by atoms with Crippen LogP contribution in [-0.4, -0.2) is 43.7 Å². The topological polar surface area (TPSA) is 59.4 Å². The van der Waals surface area contributed by atoms with Crippen molar-refractivity contribution in [3.05, 3.63) is 42.2 Å². The zero-order valence-corrected chi connectivity index (χ0v) is 11.7. The fourth-order valence-corrected chi connectivity index (χ4v) is 2.25. The number of anilines is 1. The van der Waals surface area contributed by atoms with E-state index in [1.54, 1.807) is 23.1 Å². The van der Waals surface area contributed by atoms with Crippen LogP contribution in [0.5, 0.6) is 0 Å². The molecule has 1 aromatic carbocycles. The van der Waals surface area contributed by atoms with Crippen LogP contribution in [0.2, 0.25) is 0 Å². The summed E-state index contributed by atoms with van der Waals surface area (Å²) in [4.78, 5) is 15.4. The SMILES string of the molecule is C=CCNC(=O)N1CCN(c2ccc(C#N)cc2F)CC1. The number of nitriles is 1. The highest BCUT2D eigenvalue weighted by Gasteiger charge is 2.22. The molecule has 5 nitrogen and oxygen atoms in total. The van der Waals surface area contributed by atoms with Gasteiger partial charge in [0.15, 0.2) is 0 Å². The Morgan fingerprint density at radius 3 is 2.71 bits per heavy atom. The third-order valence-electron chi connectivity index (χ3n) is 3.38. The number of hydrogen-bond acceptors (Lipinski definition) is 3. The maximum Gasteiger partial charge on any atom is 0.317 e. The zero-order chi connectivity index (χ0) is 15.2. The molecule has 2 rings (SSSR count). The van der Waals surface area contributed by atoms with Gasteiger partial charge in [-0.1, -0.05) is 6.08 Å². The van der Waals surface area contributed by atoms with Crippen LogP contribution in [0.25, 0.3) is 0 Å². The van der Waals surface area contributed by atoms with Gasteiger partial charge in [0.2, 0.25) is 0 Å². The van der Waals surface area contributed by atoms with Crippen molar-refractivity contribution < 1.29 is 9.18 Å². The van der Waals surface area contributed by atoms with E-state index in [2.05, 4.69) is 11.9 Å². The van der Waals surface area contributed by atoms with E-state index in [9.17, 15) is 9.18 Å². The van der Waals surface area contributed by atoms with E-state index in [1.165, 1.54) is 6.07 Å². The zero-order valence-electron chi connectivity index (χ0n) is 11.7. The van der Waals surface area contributed by atoms with Crippen LogP contribution in [0.4, 0.5) is 14.9 Å². The Morgan fingerprint density at radius 1 is 1.43 bits per heavy atom. The number of benzene rings is 1. The van der Waals surface area contributed by atoms with Crippen molar-refractivity contribution in [1.82, 2.24) is 10.2 Å². The van der Waals surface area contributed by atoms with Crippen molar-refractivity contribution in [1.29, 1.82) is 5.26 Å². The predicted molar refractivity (Wildman–Crippen MR) is 78.5 cm³/mol. The van der Waals surface area contributed by atoms with Crippen molar-refractivity contribution in [3.8, 4) is 6.07 Å². The first-order chi connectivity index (χ1) is 10.2. The molecular formula is C15H17FN4O. The number of rotatable bonds is 3. The summed E-state index contributed by atoms with van der Waals surface area (Å²) < 4.78 is 13.9. The fourth-order valence-electron chi connectivity index (χ4n) is 2.25. The number of hydrogen-bond donors (Lipinski definition) is 1. The summed E-state index contributed by atoms with van der Waals surface area (Å²) >= 11 is 0. The molecule has 2 amide bonds. The molecule has 1 N–H and O–H groups in total. The maximum absolute atomic E-state index is 13.9. The second-order valence-electron chi connectivity index (χ2n) is 4.73. The van der Waals surface area contributed by atoms with Gasteiger partial charge in [-0.3, -0.25) is 0 Å². The van der Waals surface area contributed by atoms with Crippen LogP contribution < -0.4 is 10.2 Å². The van der Waals surface area contributed by atoms with Gasteiger partial charge in [-0.15, -0.1) is 6.58 Å². The van der Waals surface area contributed by atoms with Crippen LogP contribution in [0.3, 0.4) is 0 Å². The number of carbonyl (C=O) groups excluding carboxylic acids is 1. The lowest BCUT2D eigenvalue weighted by molar-refractivity contribution is 0.195. The Bertz CT molecular complexity index is 574. The average molecular weight is 288 g/mol. The Morgan fingerprint density at radius 2 is 2.14 bits per heavy atom. The number of nitrogens with one attached hydrogen (secondary N) is 1. The molecule has 0 bridgehead atoms. The fraction of sp³-hybridized carbons (Fsp3) is 0.333. The lowest BCUT2D eigenvalue weighted by Gasteiger charge is -2.36. The highest BCUT2D eigenvalue weighted by Crippen LogP contribution is 2.21. The Labute approximate surface area is 123 Å². The predicted octanol–water partition coefficient (Wildman–Crippen LogP) is 1.71. The summed E-state index contributed by atoms with van der Waals surface area (Å²) in [7, 11) is 0. The molecule has 21 heavy (non-hydrogen) atoms. The number of urea groups is 1.